The molecule has 0 bridgehead atoms. The van der Waals surface area contributed by atoms with Crippen LogP contribution in [0.25, 0.3) is 0 Å². The number of anilines is 1. The summed E-state index contributed by atoms with van der Waals surface area (Å²) in [6.45, 7) is 5.79. The first kappa shape index (κ1) is 27.3. The molecular formula is C26H48ClN. The molecule has 0 radical (unpaired) electrons. The lowest BCUT2D eigenvalue weighted by molar-refractivity contribution is 0.502. The van der Waals surface area contributed by atoms with Gasteiger partial charge in [0.15, 0.2) is 0 Å². The first-order valence-corrected chi connectivity index (χ1v) is 12.1. The molecule has 0 aliphatic carbocycles. The van der Waals surface area contributed by atoms with Crippen LogP contribution in [0.1, 0.15) is 117 Å². The van der Waals surface area contributed by atoms with Gasteiger partial charge in [0, 0.05) is 12.2 Å². The van der Waals surface area contributed by atoms with Crippen molar-refractivity contribution in [3.8, 4) is 0 Å². The molecule has 0 unspecified atom stereocenters. The van der Waals surface area contributed by atoms with E-state index in [1.807, 2.05) is 0 Å². The average molecular weight is 410 g/mol. The molecule has 0 aliphatic rings. The van der Waals surface area contributed by atoms with E-state index >= 15 is 0 Å². The second-order valence-corrected chi connectivity index (χ2v) is 8.78. The van der Waals surface area contributed by atoms with Crippen molar-refractivity contribution in [2.75, 3.05) is 11.9 Å². The molecule has 1 N–H and O–H groups in total. The van der Waals surface area contributed by atoms with Crippen LogP contribution >= 0.6 is 12.4 Å². The molecule has 1 nitrogen and oxygen atoms in total. The molecule has 0 spiro atoms. The fraction of sp³-hybridized carbons (Fsp3) is 0.769. The molecule has 0 saturated heterocycles. The summed E-state index contributed by atoms with van der Waals surface area (Å²) >= 11 is 0. The van der Waals surface area contributed by atoms with Crippen molar-refractivity contribution in [3.63, 3.8) is 0 Å². The lowest BCUT2D eigenvalue weighted by Crippen LogP contribution is -2.00. The molecule has 0 heterocycles. The summed E-state index contributed by atoms with van der Waals surface area (Å²) in [4.78, 5) is 0. The number of unbranched alkanes of at least 4 members (excludes halogenated alkanes) is 14. The van der Waals surface area contributed by atoms with Crippen LogP contribution < -0.4 is 5.32 Å². The minimum absolute atomic E-state index is 0. The van der Waals surface area contributed by atoms with Crippen LogP contribution in [-0.4, -0.2) is 6.54 Å². The van der Waals surface area contributed by atoms with Crippen LogP contribution in [0.2, 0.25) is 0 Å². The van der Waals surface area contributed by atoms with Gasteiger partial charge in [0.05, 0.1) is 0 Å². The highest BCUT2D eigenvalue weighted by Crippen LogP contribution is 2.15. The molecule has 0 atom stereocenters. The number of rotatable bonds is 19. The standard InChI is InChI=1S/C26H47N.ClH/c1-25(2)21-17-14-12-10-8-6-4-3-5-7-9-11-13-15-20-24-27-26-22-18-16-19-23-26;/h16,18-19,22-23,25,27H,3-15,17,20-21,24H2,1-2H3;1H. The maximum Gasteiger partial charge on any atom is 0.0340 e. The summed E-state index contributed by atoms with van der Waals surface area (Å²) < 4.78 is 0. The van der Waals surface area contributed by atoms with E-state index in [2.05, 4.69) is 49.5 Å². The van der Waals surface area contributed by atoms with Crippen molar-refractivity contribution in [1.82, 2.24) is 0 Å². The highest BCUT2D eigenvalue weighted by molar-refractivity contribution is 5.85. The SMILES string of the molecule is CC(C)CCCCCCCCCCCCCCCCCNc1ccccc1.Cl. The summed E-state index contributed by atoms with van der Waals surface area (Å²) in [6, 6.07) is 10.6. The van der Waals surface area contributed by atoms with Gasteiger partial charge in [0.25, 0.3) is 0 Å². The minimum atomic E-state index is 0. The molecular weight excluding hydrogens is 362 g/mol. The minimum Gasteiger partial charge on any atom is -0.385 e. The van der Waals surface area contributed by atoms with Gasteiger partial charge < -0.3 is 5.32 Å². The van der Waals surface area contributed by atoms with Crippen molar-refractivity contribution < 1.29 is 0 Å². The number of benzene rings is 1. The third-order valence-corrected chi connectivity index (χ3v) is 5.56. The van der Waals surface area contributed by atoms with Gasteiger partial charge in [0.2, 0.25) is 0 Å². The van der Waals surface area contributed by atoms with Gasteiger partial charge >= 0.3 is 0 Å². The van der Waals surface area contributed by atoms with E-state index < -0.39 is 0 Å². The van der Waals surface area contributed by atoms with Crippen molar-refractivity contribution in [2.24, 2.45) is 5.92 Å². The predicted molar refractivity (Wildman–Crippen MR) is 131 cm³/mol. The molecule has 2 heteroatoms. The number of hydrogen-bond donors (Lipinski definition) is 1. The molecule has 0 amide bonds. The Morgan fingerprint density at radius 1 is 0.571 bits per heavy atom. The Morgan fingerprint density at radius 2 is 0.964 bits per heavy atom. The van der Waals surface area contributed by atoms with Crippen LogP contribution in [0.5, 0.6) is 0 Å². The molecule has 1 aromatic carbocycles. The van der Waals surface area contributed by atoms with Crippen LogP contribution in [0.4, 0.5) is 5.69 Å². The molecule has 0 aliphatic heterocycles. The summed E-state index contributed by atoms with van der Waals surface area (Å²) in [5.74, 6) is 0.890. The zero-order valence-corrected chi connectivity index (χ0v) is 19.7. The summed E-state index contributed by atoms with van der Waals surface area (Å²) in [6.07, 6.45) is 23.0. The summed E-state index contributed by atoms with van der Waals surface area (Å²) in [5, 5.41) is 3.50. The summed E-state index contributed by atoms with van der Waals surface area (Å²) in [5.41, 5.74) is 1.25. The zero-order chi connectivity index (χ0) is 19.4. The van der Waals surface area contributed by atoms with E-state index in [1.54, 1.807) is 0 Å². The number of para-hydroxylation sites is 1. The van der Waals surface area contributed by atoms with Crippen molar-refractivity contribution >= 4 is 18.1 Å². The lowest BCUT2D eigenvalue weighted by Gasteiger charge is -2.06. The quantitative estimate of drug-likeness (QED) is 0.224. The Hall–Kier alpha value is -0.690. The van der Waals surface area contributed by atoms with E-state index in [0.717, 1.165) is 12.5 Å². The maximum atomic E-state index is 3.50. The van der Waals surface area contributed by atoms with Gasteiger partial charge in [-0.25, -0.2) is 0 Å². The van der Waals surface area contributed by atoms with Crippen molar-refractivity contribution in [3.05, 3.63) is 30.3 Å². The molecule has 0 aromatic heterocycles. The Kier molecular flexibility index (Phi) is 20.5. The van der Waals surface area contributed by atoms with E-state index in [1.165, 1.54) is 108 Å². The van der Waals surface area contributed by atoms with Gasteiger partial charge in [0.1, 0.15) is 0 Å². The molecule has 0 fully saturated rings. The second-order valence-electron chi connectivity index (χ2n) is 8.78. The lowest BCUT2D eigenvalue weighted by atomic mass is 10.0. The van der Waals surface area contributed by atoms with Crippen LogP contribution in [0.3, 0.4) is 0 Å². The topological polar surface area (TPSA) is 12.0 Å². The normalized spacial score (nSPS) is 10.8. The van der Waals surface area contributed by atoms with Gasteiger partial charge in [-0.1, -0.05) is 128 Å². The second kappa shape index (κ2) is 21.0. The largest absolute Gasteiger partial charge is 0.385 e. The molecule has 1 aromatic rings. The van der Waals surface area contributed by atoms with Crippen molar-refractivity contribution in [1.29, 1.82) is 0 Å². The van der Waals surface area contributed by atoms with Crippen LogP contribution in [-0.2, 0) is 0 Å². The van der Waals surface area contributed by atoms with E-state index in [4.69, 9.17) is 0 Å². The van der Waals surface area contributed by atoms with Crippen LogP contribution in [0.15, 0.2) is 30.3 Å². The van der Waals surface area contributed by atoms with E-state index in [9.17, 15) is 0 Å². The average Bonchev–Trinajstić information content (AvgIpc) is 2.67. The summed E-state index contributed by atoms with van der Waals surface area (Å²) in [7, 11) is 0. The number of hydrogen-bond acceptors (Lipinski definition) is 1. The third kappa shape index (κ3) is 18.7. The molecule has 1 rings (SSSR count). The molecule has 28 heavy (non-hydrogen) atoms. The van der Waals surface area contributed by atoms with Gasteiger partial charge in [-0.15, -0.1) is 12.4 Å². The Bertz CT molecular complexity index is 404. The van der Waals surface area contributed by atoms with Gasteiger partial charge in [-0.2, -0.15) is 0 Å². The predicted octanol–water partition coefficient (Wildman–Crippen LogP) is 9.42. The van der Waals surface area contributed by atoms with E-state index in [-0.39, 0.29) is 12.4 Å². The fourth-order valence-electron chi connectivity index (χ4n) is 3.76. The smallest absolute Gasteiger partial charge is 0.0340 e. The highest BCUT2D eigenvalue weighted by Gasteiger charge is 1.96. The first-order valence-electron chi connectivity index (χ1n) is 12.1. The zero-order valence-electron chi connectivity index (χ0n) is 18.9. The van der Waals surface area contributed by atoms with Gasteiger partial charge in [-0.3, -0.25) is 0 Å². The third-order valence-electron chi connectivity index (χ3n) is 5.56. The van der Waals surface area contributed by atoms with Gasteiger partial charge in [-0.05, 0) is 24.5 Å². The molecule has 164 valence electrons. The number of halogens is 1. The van der Waals surface area contributed by atoms with Crippen molar-refractivity contribution in [2.45, 2.75) is 117 Å². The van der Waals surface area contributed by atoms with E-state index in [0.29, 0.717) is 0 Å². The highest BCUT2D eigenvalue weighted by atomic mass is 35.5. The van der Waals surface area contributed by atoms with Crippen LogP contribution in [0, 0.1) is 5.92 Å². The Balaban J connectivity index is 0.00000729. The number of nitrogens with one attached hydrogen (secondary N) is 1. The Morgan fingerprint density at radius 3 is 1.39 bits per heavy atom. The first-order chi connectivity index (χ1) is 13.3. The fourth-order valence-corrected chi connectivity index (χ4v) is 3.76. The monoisotopic (exact) mass is 409 g/mol. The maximum absolute atomic E-state index is 3.50. The Labute approximate surface area is 182 Å². The molecule has 0 saturated carbocycles.